The van der Waals surface area contributed by atoms with Crippen LogP contribution in [0.25, 0.3) is 0 Å². The van der Waals surface area contributed by atoms with Gasteiger partial charge in [-0.15, -0.1) is 5.10 Å². The molecule has 1 unspecified atom stereocenters. The molecule has 0 aliphatic heterocycles. The van der Waals surface area contributed by atoms with E-state index in [4.69, 9.17) is 19.6 Å². The van der Waals surface area contributed by atoms with Crippen molar-refractivity contribution in [3.63, 3.8) is 0 Å². The number of nitrogens with one attached hydrogen (secondary N) is 1. The fraction of sp³-hybridized carbons (Fsp3) is 0.333. The van der Waals surface area contributed by atoms with E-state index in [1.807, 2.05) is 0 Å². The Hall–Kier alpha value is -2.28. The molecule has 0 aliphatic rings. The minimum absolute atomic E-state index is 0.266. The third-order valence-corrected chi connectivity index (χ3v) is 2.43. The van der Waals surface area contributed by atoms with E-state index in [0.29, 0.717) is 17.4 Å². The Morgan fingerprint density at radius 3 is 2.26 bits per heavy atom. The maximum Gasteiger partial charge on any atom is 0.320 e. The Bertz CT molecular complexity index is 531. The van der Waals surface area contributed by atoms with E-state index in [0.717, 1.165) is 5.69 Å². The van der Waals surface area contributed by atoms with Gasteiger partial charge in [0.1, 0.15) is 11.5 Å². The van der Waals surface area contributed by atoms with E-state index in [1.54, 1.807) is 39.3 Å². The first-order valence-corrected chi connectivity index (χ1v) is 5.71. The molecule has 0 saturated heterocycles. The van der Waals surface area contributed by atoms with Crippen LogP contribution in [0.2, 0.25) is 0 Å². The van der Waals surface area contributed by atoms with E-state index in [-0.39, 0.29) is 12.1 Å². The molecular formula is C12H16N4O3. The minimum Gasteiger partial charge on any atom is -0.497 e. The van der Waals surface area contributed by atoms with Gasteiger partial charge in [0.15, 0.2) is 0 Å². The standard InChI is InChI=1S/C12H16N4O3/c1-7(13)11-15-16-12(19-11)14-8-4-9(17-2)6-10(5-8)18-3/h4-7H,13H2,1-3H3,(H,14,16). The highest BCUT2D eigenvalue weighted by atomic mass is 16.5. The van der Waals surface area contributed by atoms with Gasteiger partial charge in [0.2, 0.25) is 5.89 Å². The molecule has 3 N–H and O–H groups in total. The number of benzene rings is 1. The van der Waals surface area contributed by atoms with Gasteiger partial charge in [0.05, 0.1) is 20.3 Å². The fourth-order valence-corrected chi connectivity index (χ4v) is 1.47. The predicted octanol–water partition coefficient (Wildman–Crippen LogP) is 1.85. The lowest BCUT2D eigenvalue weighted by Crippen LogP contribution is -2.04. The summed E-state index contributed by atoms with van der Waals surface area (Å²) in [4.78, 5) is 0. The molecule has 0 fully saturated rings. The van der Waals surface area contributed by atoms with Crippen molar-refractivity contribution in [3.05, 3.63) is 24.1 Å². The van der Waals surface area contributed by atoms with Crippen LogP contribution in [0.3, 0.4) is 0 Å². The van der Waals surface area contributed by atoms with Crippen LogP contribution < -0.4 is 20.5 Å². The quantitative estimate of drug-likeness (QED) is 0.850. The number of nitrogens with two attached hydrogens (primary N) is 1. The number of anilines is 2. The number of aromatic nitrogens is 2. The van der Waals surface area contributed by atoms with Gasteiger partial charge < -0.3 is 24.9 Å². The second kappa shape index (κ2) is 5.57. The van der Waals surface area contributed by atoms with E-state index in [1.165, 1.54) is 0 Å². The van der Waals surface area contributed by atoms with Gasteiger partial charge in [-0.25, -0.2) is 0 Å². The second-order valence-corrected chi connectivity index (χ2v) is 3.96. The lowest BCUT2D eigenvalue weighted by molar-refractivity contribution is 0.394. The Kier molecular flexibility index (Phi) is 3.86. The molecule has 19 heavy (non-hydrogen) atoms. The van der Waals surface area contributed by atoms with Crippen LogP contribution in [0.5, 0.6) is 11.5 Å². The molecule has 2 aromatic rings. The van der Waals surface area contributed by atoms with Crippen LogP contribution >= 0.6 is 0 Å². The Morgan fingerprint density at radius 1 is 1.16 bits per heavy atom. The zero-order chi connectivity index (χ0) is 13.8. The summed E-state index contributed by atoms with van der Waals surface area (Å²) in [6.07, 6.45) is 0. The fourth-order valence-electron chi connectivity index (χ4n) is 1.47. The van der Waals surface area contributed by atoms with Gasteiger partial charge in [0.25, 0.3) is 0 Å². The molecule has 102 valence electrons. The van der Waals surface area contributed by atoms with Crippen molar-refractivity contribution >= 4 is 11.7 Å². The minimum atomic E-state index is -0.303. The monoisotopic (exact) mass is 264 g/mol. The van der Waals surface area contributed by atoms with Crippen LogP contribution in [0, 0.1) is 0 Å². The number of hydrogen-bond acceptors (Lipinski definition) is 7. The summed E-state index contributed by atoms with van der Waals surface area (Å²) in [6.45, 7) is 1.77. The number of rotatable bonds is 5. The van der Waals surface area contributed by atoms with Crippen molar-refractivity contribution < 1.29 is 13.9 Å². The molecule has 0 amide bonds. The molecule has 0 bridgehead atoms. The summed E-state index contributed by atoms with van der Waals surface area (Å²) in [5.74, 6) is 1.69. The third-order valence-electron chi connectivity index (χ3n) is 2.43. The van der Waals surface area contributed by atoms with E-state index < -0.39 is 0 Å². The van der Waals surface area contributed by atoms with Gasteiger partial charge in [-0.05, 0) is 6.92 Å². The topological polar surface area (TPSA) is 95.4 Å². The van der Waals surface area contributed by atoms with Crippen molar-refractivity contribution in [2.75, 3.05) is 19.5 Å². The summed E-state index contributed by atoms with van der Waals surface area (Å²) in [6, 6.07) is 5.31. The third kappa shape index (κ3) is 3.14. The maximum absolute atomic E-state index is 5.65. The highest BCUT2D eigenvalue weighted by Crippen LogP contribution is 2.27. The zero-order valence-electron chi connectivity index (χ0n) is 11.0. The van der Waals surface area contributed by atoms with Crippen LogP contribution in [-0.4, -0.2) is 24.4 Å². The highest BCUT2D eigenvalue weighted by Gasteiger charge is 2.10. The molecule has 1 aromatic heterocycles. The molecular weight excluding hydrogens is 248 g/mol. The van der Waals surface area contributed by atoms with Gasteiger partial charge >= 0.3 is 6.01 Å². The molecule has 1 aromatic carbocycles. The second-order valence-electron chi connectivity index (χ2n) is 3.96. The van der Waals surface area contributed by atoms with Crippen LogP contribution in [0.4, 0.5) is 11.7 Å². The average Bonchev–Trinajstić information content (AvgIpc) is 2.87. The van der Waals surface area contributed by atoms with Crippen molar-refractivity contribution in [1.29, 1.82) is 0 Å². The summed E-state index contributed by atoms with van der Waals surface area (Å²) >= 11 is 0. The van der Waals surface area contributed by atoms with E-state index in [9.17, 15) is 0 Å². The predicted molar refractivity (Wildman–Crippen MR) is 69.7 cm³/mol. The Morgan fingerprint density at radius 2 is 1.79 bits per heavy atom. The first kappa shape index (κ1) is 13.2. The van der Waals surface area contributed by atoms with Gasteiger partial charge in [0, 0.05) is 23.9 Å². The Balaban J connectivity index is 2.21. The number of nitrogens with zero attached hydrogens (tertiary/aromatic N) is 2. The van der Waals surface area contributed by atoms with Crippen LogP contribution in [0.15, 0.2) is 22.6 Å². The van der Waals surface area contributed by atoms with Crippen molar-refractivity contribution in [2.24, 2.45) is 5.73 Å². The normalized spacial score (nSPS) is 12.0. The molecule has 0 saturated carbocycles. The smallest absolute Gasteiger partial charge is 0.320 e. The lowest BCUT2D eigenvalue weighted by atomic mass is 10.3. The molecule has 7 heteroatoms. The summed E-state index contributed by atoms with van der Waals surface area (Å²) < 4.78 is 15.7. The molecule has 1 atom stereocenters. The van der Waals surface area contributed by atoms with Crippen LogP contribution in [0.1, 0.15) is 18.9 Å². The Labute approximate surface area is 110 Å². The van der Waals surface area contributed by atoms with Gasteiger partial charge in [-0.2, -0.15) is 0 Å². The summed E-state index contributed by atoms with van der Waals surface area (Å²) in [5, 5.41) is 10.7. The molecule has 2 rings (SSSR count). The van der Waals surface area contributed by atoms with E-state index in [2.05, 4.69) is 15.5 Å². The van der Waals surface area contributed by atoms with Crippen molar-refractivity contribution in [2.45, 2.75) is 13.0 Å². The summed E-state index contributed by atoms with van der Waals surface area (Å²) in [5.41, 5.74) is 6.37. The first-order valence-electron chi connectivity index (χ1n) is 5.71. The highest BCUT2D eigenvalue weighted by molar-refractivity contribution is 5.58. The van der Waals surface area contributed by atoms with Crippen molar-refractivity contribution in [3.8, 4) is 11.5 Å². The van der Waals surface area contributed by atoms with Crippen LogP contribution in [-0.2, 0) is 0 Å². The molecule has 1 heterocycles. The van der Waals surface area contributed by atoms with Gasteiger partial charge in [-0.3, -0.25) is 0 Å². The van der Waals surface area contributed by atoms with Crippen molar-refractivity contribution in [1.82, 2.24) is 10.2 Å². The molecule has 7 nitrogen and oxygen atoms in total. The lowest BCUT2D eigenvalue weighted by Gasteiger charge is -2.08. The number of methoxy groups -OCH3 is 2. The number of hydrogen-bond donors (Lipinski definition) is 2. The average molecular weight is 264 g/mol. The zero-order valence-corrected chi connectivity index (χ0v) is 11.0. The number of ether oxygens (including phenoxy) is 2. The maximum atomic E-state index is 5.65. The van der Waals surface area contributed by atoms with Gasteiger partial charge in [-0.1, -0.05) is 5.10 Å². The van der Waals surface area contributed by atoms with E-state index >= 15 is 0 Å². The molecule has 0 aliphatic carbocycles. The molecule has 0 radical (unpaired) electrons. The summed E-state index contributed by atoms with van der Waals surface area (Å²) in [7, 11) is 3.17. The SMILES string of the molecule is COc1cc(Nc2nnc(C(C)N)o2)cc(OC)c1. The molecule has 0 spiro atoms. The largest absolute Gasteiger partial charge is 0.497 e. The first-order chi connectivity index (χ1) is 9.12.